The molecular formula is C8H10F5NO3. The molecule has 2 N–H and O–H groups in total. The van der Waals surface area contributed by atoms with Crippen molar-refractivity contribution in [2.45, 2.75) is 32.0 Å². The molecule has 2 unspecified atom stereocenters. The van der Waals surface area contributed by atoms with Crippen LogP contribution in [-0.2, 0) is 9.59 Å². The van der Waals surface area contributed by atoms with Crippen molar-refractivity contribution in [3.05, 3.63) is 0 Å². The maximum absolute atomic E-state index is 12.5. The third-order valence-electron chi connectivity index (χ3n) is 2.14. The Balaban J connectivity index is 4.72. The van der Waals surface area contributed by atoms with Crippen LogP contribution in [0.2, 0.25) is 0 Å². The summed E-state index contributed by atoms with van der Waals surface area (Å²) in [6, 6.07) is -1.35. The van der Waals surface area contributed by atoms with E-state index in [-0.39, 0.29) is 0 Å². The number of carboxylic acids is 1. The first-order valence-electron chi connectivity index (χ1n) is 4.39. The summed E-state index contributed by atoms with van der Waals surface area (Å²) in [5, 5.41) is 9.78. The van der Waals surface area contributed by atoms with E-state index in [1.165, 1.54) is 5.32 Å². The zero-order valence-corrected chi connectivity index (χ0v) is 8.81. The second-order valence-corrected chi connectivity index (χ2v) is 3.46. The Kier molecular flexibility index (Phi) is 4.44. The molecule has 0 aliphatic heterocycles. The Bertz CT molecular complexity index is 315. The summed E-state index contributed by atoms with van der Waals surface area (Å²) in [6.45, 7) is 2.09. The molecule has 0 aliphatic carbocycles. The van der Waals surface area contributed by atoms with Crippen molar-refractivity contribution >= 4 is 11.9 Å². The van der Waals surface area contributed by atoms with Crippen molar-refractivity contribution in [3.8, 4) is 0 Å². The molecule has 0 aromatic carbocycles. The molecule has 4 nitrogen and oxygen atoms in total. The highest BCUT2D eigenvalue weighted by molar-refractivity contribution is 5.85. The van der Waals surface area contributed by atoms with Crippen LogP contribution < -0.4 is 5.32 Å². The van der Waals surface area contributed by atoms with Crippen LogP contribution in [0.4, 0.5) is 22.0 Å². The highest BCUT2D eigenvalue weighted by Gasteiger charge is 2.63. The topological polar surface area (TPSA) is 66.4 Å². The zero-order chi connectivity index (χ0) is 14.0. The number of hydrogen-bond donors (Lipinski definition) is 2. The van der Waals surface area contributed by atoms with Crippen LogP contribution in [0.1, 0.15) is 13.8 Å². The normalized spacial score (nSPS) is 16.2. The molecule has 0 saturated carbocycles. The number of nitrogens with one attached hydrogen (secondary N) is 1. The molecule has 1 amide bonds. The minimum atomic E-state index is -6.01. The van der Waals surface area contributed by atoms with E-state index in [1.54, 1.807) is 0 Å². The summed E-state index contributed by atoms with van der Waals surface area (Å²) >= 11 is 0. The van der Waals surface area contributed by atoms with Gasteiger partial charge in [0.15, 0.2) is 0 Å². The number of aliphatic carboxylic acids is 1. The fourth-order valence-corrected chi connectivity index (χ4v) is 0.765. The van der Waals surface area contributed by atoms with E-state index >= 15 is 0 Å². The fraction of sp³-hybridized carbons (Fsp3) is 0.750. The van der Waals surface area contributed by atoms with Gasteiger partial charge in [0.2, 0.25) is 0 Å². The molecule has 0 aromatic rings. The van der Waals surface area contributed by atoms with E-state index < -0.39 is 35.9 Å². The summed E-state index contributed by atoms with van der Waals surface area (Å²) in [7, 11) is 0. The molecule has 0 aliphatic rings. The molecule has 100 valence electrons. The molecule has 17 heavy (non-hydrogen) atoms. The summed E-state index contributed by atoms with van der Waals surface area (Å²) in [5.41, 5.74) is 0. The fourth-order valence-electron chi connectivity index (χ4n) is 0.765. The quantitative estimate of drug-likeness (QED) is 0.753. The third kappa shape index (κ3) is 3.53. The second-order valence-electron chi connectivity index (χ2n) is 3.46. The van der Waals surface area contributed by atoms with E-state index in [0.29, 0.717) is 0 Å². The van der Waals surface area contributed by atoms with Gasteiger partial charge in [-0.25, -0.2) is 0 Å². The second kappa shape index (κ2) is 4.84. The van der Waals surface area contributed by atoms with Crippen LogP contribution in [0.5, 0.6) is 0 Å². The Labute approximate surface area is 92.8 Å². The minimum Gasteiger partial charge on any atom is -0.481 e. The molecule has 0 heterocycles. The third-order valence-corrected chi connectivity index (χ3v) is 2.14. The highest BCUT2D eigenvalue weighted by atomic mass is 19.4. The van der Waals surface area contributed by atoms with Gasteiger partial charge in [0.1, 0.15) is 0 Å². The van der Waals surface area contributed by atoms with Gasteiger partial charge in [0, 0.05) is 6.04 Å². The monoisotopic (exact) mass is 263 g/mol. The van der Waals surface area contributed by atoms with E-state index in [4.69, 9.17) is 5.11 Å². The molecule has 0 radical (unpaired) electrons. The van der Waals surface area contributed by atoms with Crippen LogP contribution in [0.15, 0.2) is 0 Å². The lowest BCUT2D eigenvalue weighted by Gasteiger charge is -2.23. The van der Waals surface area contributed by atoms with E-state index in [0.717, 1.165) is 13.8 Å². The lowest BCUT2D eigenvalue weighted by atomic mass is 10.0. The smallest absolute Gasteiger partial charge is 0.463 e. The average molecular weight is 263 g/mol. The summed E-state index contributed by atoms with van der Waals surface area (Å²) in [5.74, 6) is -10.8. The van der Waals surface area contributed by atoms with E-state index in [9.17, 15) is 31.5 Å². The predicted molar refractivity (Wildman–Crippen MR) is 45.4 cm³/mol. The van der Waals surface area contributed by atoms with Gasteiger partial charge in [-0.3, -0.25) is 9.59 Å². The first-order valence-corrected chi connectivity index (χ1v) is 4.39. The zero-order valence-electron chi connectivity index (χ0n) is 8.81. The molecular weight excluding hydrogens is 253 g/mol. The predicted octanol–water partition coefficient (Wildman–Crippen LogP) is 1.41. The Morgan fingerprint density at radius 2 is 1.53 bits per heavy atom. The Morgan fingerprint density at radius 3 is 1.82 bits per heavy atom. The standard InChI is InChI=1S/C8H10F5NO3/c1-3(5(15)16)4(2)14-6(17)7(9,10)8(11,12)13/h3-4H,1-2H3,(H,14,17)(H,15,16). The summed E-state index contributed by atoms with van der Waals surface area (Å²) < 4.78 is 60.2. The van der Waals surface area contributed by atoms with Gasteiger partial charge in [0.05, 0.1) is 5.92 Å². The van der Waals surface area contributed by atoms with Gasteiger partial charge in [-0.1, -0.05) is 0 Å². The van der Waals surface area contributed by atoms with Crippen LogP contribution in [-0.4, -0.2) is 35.1 Å². The van der Waals surface area contributed by atoms with Gasteiger partial charge in [0.25, 0.3) is 0 Å². The molecule has 2 atom stereocenters. The van der Waals surface area contributed by atoms with Gasteiger partial charge in [-0.05, 0) is 13.8 Å². The molecule has 0 rings (SSSR count). The van der Waals surface area contributed by atoms with Crippen molar-refractivity contribution in [3.63, 3.8) is 0 Å². The maximum Gasteiger partial charge on any atom is 0.463 e. The van der Waals surface area contributed by atoms with Crippen molar-refractivity contribution in [2.24, 2.45) is 5.92 Å². The molecule has 0 spiro atoms. The maximum atomic E-state index is 12.5. The van der Waals surface area contributed by atoms with E-state index in [2.05, 4.69) is 0 Å². The number of carboxylic acid groups (broad SMARTS) is 1. The summed E-state index contributed by atoms with van der Waals surface area (Å²) in [4.78, 5) is 21.1. The van der Waals surface area contributed by atoms with Crippen LogP contribution in [0.3, 0.4) is 0 Å². The first-order chi connectivity index (χ1) is 7.41. The molecule has 0 saturated heterocycles. The number of alkyl halides is 5. The number of halogens is 5. The van der Waals surface area contributed by atoms with Crippen LogP contribution >= 0.6 is 0 Å². The average Bonchev–Trinajstić information content (AvgIpc) is 2.14. The molecule has 0 bridgehead atoms. The lowest BCUT2D eigenvalue weighted by Crippen LogP contribution is -2.54. The Hall–Kier alpha value is -1.41. The molecule has 0 aromatic heterocycles. The minimum absolute atomic E-state index is 1.02. The number of hydrogen-bond acceptors (Lipinski definition) is 2. The van der Waals surface area contributed by atoms with Gasteiger partial charge < -0.3 is 10.4 Å². The summed E-state index contributed by atoms with van der Waals surface area (Å²) in [6.07, 6.45) is -6.01. The lowest BCUT2D eigenvalue weighted by molar-refractivity contribution is -0.270. The molecule has 0 fully saturated rings. The first kappa shape index (κ1) is 15.6. The largest absolute Gasteiger partial charge is 0.481 e. The number of carbonyl (C=O) groups is 2. The van der Waals surface area contributed by atoms with E-state index in [1.807, 2.05) is 0 Å². The van der Waals surface area contributed by atoms with Crippen molar-refractivity contribution in [1.82, 2.24) is 5.32 Å². The van der Waals surface area contributed by atoms with Crippen LogP contribution in [0.25, 0.3) is 0 Å². The van der Waals surface area contributed by atoms with Crippen LogP contribution in [0, 0.1) is 5.92 Å². The van der Waals surface area contributed by atoms with Crippen molar-refractivity contribution in [2.75, 3.05) is 0 Å². The molecule has 9 heteroatoms. The Morgan fingerprint density at radius 1 is 1.12 bits per heavy atom. The highest BCUT2D eigenvalue weighted by Crippen LogP contribution is 2.35. The van der Waals surface area contributed by atoms with Gasteiger partial charge >= 0.3 is 24.0 Å². The van der Waals surface area contributed by atoms with Gasteiger partial charge in [-0.15, -0.1) is 0 Å². The number of carbonyl (C=O) groups excluding carboxylic acids is 1. The van der Waals surface area contributed by atoms with Crippen molar-refractivity contribution < 1.29 is 36.6 Å². The van der Waals surface area contributed by atoms with Gasteiger partial charge in [-0.2, -0.15) is 22.0 Å². The van der Waals surface area contributed by atoms with Crippen molar-refractivity contribution in [1.29, 1.82) is 0 Å². The number of rotatable bonds is 4. The SMILES string of the molecule is CC(NC(=O)C(F)(F)C(F)(F)F)C(C)C(=O)O. The number of amides is 1.